The molecule has 2 unspecified atom stereocenters. The van der Waals surface area contributed by atoms with Crippen LogP contribution in [-0.4, -0.2) is 6.54 Å². The van der Waals surface area contributed by atoms with E-state index in [1.54, 1.807) is 0 Å². The first-order valence-electron chi connectivity index (χ1n) is 6.07. The second-order valence-electron chi connectivity index (χ2n) is 4.85. The van der Waals surface area contributed by atoms with Gasteiger partial charge in [0.05, 0.1) is 0 Å². The summed E-state index contributed by atoms with van der Waals surface area (Å²) in [5.74, 6) is 1.88. The van der Waals surface area contributed by atoms with Gasteiger partial charge in [-0.1, -0.05) is 25.8 Å². The monoisotopic (exact) mass is 223 g/mol. The van der Waals surface area contributed by atoms with Crippen molar-refractivity contribution in [3.8, 4) is 0 Å². The van der Waals surface area contributed by atoms with Gasteiger partial charge >= 0.3 is 0 Å². The molecular formula is C13H21NS. The molecule has 1 saturated carbocycles. The number of thiophene rings is 1. The minimum atomic E-state index is 0.925. The molecule has 0 aromatic carbocycles. The van der Waals surface area contributed by atoms with Gasteiger partial charge in [-0.25, -0.2) is 0 Å². The van der Waals surface area contributed by atoms with Crippen molar-refractivity contribution in [3.05, 3.63) is 22.4 Å². The molecule has 15 heavy (non-hydrogen) atoms. The van der Waals surface area contributed by atoms with Crippen LogP contribution in [-0.2, 0) is 6.54 Å². The Morgan fingerprint density at radius 3 is 3.13 bits per heavy atom. The van der Waals surface area contributed by atoms with E-state index < -0.39 is 0 Å². The summed E-state index contributed by atoms with van der Waals surface area (Å²) in [7, 11) is 0. The molecule has 0 saturated heterocycles. The third-order valence-electron chi connectivity index (χ3n) is 3.36. The van der Waals surface area contributed by atoms with Crippen LogP contribution in [0, 0.1) is 11.8 Å². The molecule has 0 spiro atoms. The van der Waals surface area contributed by atoms with Crippen LogP contribution in [0.4, 0.5) is 0 Å². The fourth-order valence-electron chi connectivity index (χ4n) is 2.56. The van der Waals surface area contributed by atoms with E-state index in [9.17, 15) is 0 Å². The molecule has 2 heteroatoms. The molecule has 1 fully saturated rings. The first kappa shape index (κ1) is 11.2. The second kappa shape index (κ2) is 5.66. The highest BCUT2D eigenvalue weighted by molar-refractivity contribution is 7.09. The first-order chi connectivity index (χ1) is 7.34. The fraction of sp³-hybridized carbons (Fsp3) is 0.692. The molecule has 1 aromatic rings. The lowest BCUT2D eigenvalue weighted by molar-refractivity contribution is 0.274. The average molecular weight is 223 g/mol. The summed E-state index contributed by atoms with van der Waals surface area (Å²) in [5, 5.41) is 5.74. The molecule has 1 nitrogen and oxygen atoms in total. The molecule has 0 aliphatic heterocycles. The highest BCUT2D eigenvalue weighted by atomic mass is 32.1. The van der Waals surface area contributed by atoms with Crippen LogP contribution in [0.5, 0.6) is 0 Å². The van der Waals surface area contributed by atoms with Crippen LogP contribution in [0.1, 0.15) is 37.5 Å². The zero-order chi connectivity index (χ0) is 10.5. The lowest BCUT2D eigenvalue weighted by Crippen LogP contribution is -2.26. The Bertz CT molecular complexity index is 268. The smallest absolute Gasteiger partial charge is 0.0299 e. The Balaban J connectivity index is 1.65. The summed E-state index contributed by atoms with van der Waals surface area (Å²) in [6.45, 7) is 4.66. The summed E-state index contributed by atoms with van der Waals surface area (Å²) >= 11 is 1.85. The van der Waals surface area contributed by atoms with Crippen LogP contribution in [0.25, 0.3) is 0 Å². The summed E-state index contributed by atoms with van der Waals surface area (Å²) in [4.78, 5) is 1.46. The van der Waals surface area contributed by atoms with Crippen molar-refractivity contribution in [2.45, 2.75) is 39.2 Å². The molecule has 0 bridgehead atoms. The van der Waals surface area contributed by atoms with Crippen LogP contribution in [0.2, 0.25) is 0 Å². The van der Waals surface area contributed by atoms with Crippen LogP contribution < -0.4 is 5.32 Å². The van der Waals surface area contributed by atoms with Crippen molar-refractivity contribution in [3.63, 3.8) is 0 Å². The van der Waals surface area contributed by atoms with Gasteiger partial charge in [0.1, 0.15) is 0 Å². The molecule has 0 radical (unpaired) electrons. The molecule has 0 amide bonds. The third kappa shape index (κ3) is 3.62. The van der Waals surface area contributed by atoms with E-state index in [-0.39, 0.29) is 0 Å². The number of hydrogen-bond acceptors (Lipinski definition) is 2. The lowest BCUT2D eigenvalue weighted by atomic mass is 9.82. The Morgan fingerprint density at radius 2 is 2.40 bits per heavy atom. The van der Waals surface area contributed by atoms with Gasteiger partial charge in [0.15, 0.2) is 0 Å². The Hall–Kier alpha value is -0.340. The van der Waals surface area contributed by atoms with Crippen molar-refractivity contribution in [2.75, 3.05) is 6.54 Å². The van der Waals surface area contributed by atoms with Gasteiger partial charge in [-0.05, 0) is 42.7 Å². The fourth-order valence-corrected chi connectivity index (χ4v) is 3.23. The minimum absolute atomic E-state index is 0.925. The lowest BCUT2D eigenvalue weighted by Gasteiger charge is -2.26. The van der Waals surface area contributed by atoms with E-state index in [1.807, 2.05) is 11.3 Å². The normalized spacial score (nSPS) is 26.7. The molecular weight excluding hydrogens is 202 g/mol. The third-order valence-corrected chi connectivity index (χ3v) is 4.23. The summed E-state index contributed by atoms with van der Waals surface area (Å²) in [6.07, 6.45) is 5.74. The van der Waals surface area contributed by atoms with Gasteiger partial charge in [-0.3, -0.25) is 0 Å². The number of hydrogen-bond donors (Lipinski definition) is 1. The number of rotatable bonds is 4. The van der Waals surface area contributed by atoms with Crippen molar-refractivity contribution in [1.82, 2.24) is 5.32 Å². The van der Waals surface area contributed by atoms with Gasteiger partial charge < -0.3 is 5.32 Å². The maximum Gasteiger partial charge on any atom is 0.0299 e. The molecule has 1 aliphatic carbocycles. The second-order valence-corrected chi connectivity index (χ2v) is 5.88. The topological polar surface area (TPSA) is 12.0 Å². The predicted octanol–water partition coefficient (Wildman–Crippen LogP) is 3.66. The standard InChI is InChI=1S/C13H21NS/c1-11-4-2-5-12(8-11)9-14-10-13-6-3-7-15-13/h3,6-7,11-12,14H,2,4-5,8-10H2,1H3. The van der Waals surface area contributed by atoms with Crippen molar-refractivity contribution >= 4 is 11.3 Å². The van der Waals surface area contributed by atoms with Crippen LogP contribution in [0.3, 0.4) is 0 Å². The number of nitrogens with one attached hydrogen (secondary N) is 1. The highest BCUT2D eigenvalue weighted by Gasteiger charge is 2.18. The summed E-state index contributed by atoms with van der Waals surface area (Å²) in [6, 6.07) is 4.34. The van der Waals surface area contributed by atoms with Crippen molar-refractivity contribution in [2.24, 2.45) is 11.8 Å². The van der Waals surface area contributed by atoms with Gasteiger partial charge in [0, 0.05) is 11.4 Å². The van der Waals surface area contributed by atoms with Gasteiger partial charge in [-0.15, -0.1) is 11.3 Å². The predicted molar refractivity (Wildman–Crippen MR) is 67.1 cm³/mol. The molecule has 1 aromatic heterocycles. The Labute approximate surface area is 96.9 Å². The molecule has 84 valence electrons. The van der Waals surface area contributed by atoms with Gasteiger partial charge in [0.2, 0.25) is 0 Å². The molecule has 2 atom stereocenters. The largest absolute Gasteiger partial charge is 0.312 e. The van der Waals surface area contributed by atoms with Crippen LogP contribution >= 0.6 is 11.3 Å². The van der Waals surface area contributed by atoms with E-state index in [0.717, 1.165) is 18.4 Å². The zero-order valence-electron chi connectivity index (χ0n) is 9.54. The Kier molecular flexibility index (Phi) is 4.21. The van der Waals surface area contributed by atoms with Crippen molar-refractivity contribution < 1.29 is 0 Å². The highest BCUT2D eigenvalue weighted by Crippen LogP contribution is 2.27. The van der Waals surface area contributed by atoms with Crippen LogP contribution in [0.15, 0.2) is 17.5 Å². The van der Waals surface area contributed by atoms with Gasteiger partial charge in [0.25, 0.3) is 0 Å². The first-order valence-corrected chi connectivity index (χ1v) is 6.95. The summed E-state index contributed by atoms with van der Waals surface area (Å²) < 4.78 is 0. The SMILES string of the molecule is CC1CCCC(CNCc2cccs2)C1. The van der Waals surface area contributed by atoms with E-state index >= 15 is 0 Å². The van der Waals surface area contributed by atoms with E-state index in [2.05, 4.69) is 29.8 Å². The van der Waals surface area contributed by atoms with Crippen molar-refractivity contribution in [1.29, 1.82) is 0 Å². The molecule has 1 N–H and O–H groups in total. The van der Waals surface area contributed by atoms with Gasteiger partial charge in [-0.2, -0.15) is 0 Å². The quantitative estimate of drug-likeness (QED) is 0.821. The molecule has 1 aliphatic rings. The maximum absolute atomic E-state index is 3.59. The average Bonchev–Trinajstić information content (AvgIpc) is 2.71. The van der Waals surface area contributed by atoms with E-state index in [0.29, 0.717) is 0 Å². The van der Waals surface area contributed by atoms with E-state index in [1.165, 1.54) is 37.1 Å². The molecule has 1 heterocycles. The summed E-state index contributed by atoms with van der Waals surface area (Å²) in [5.41, 5.74) is 0. The van der Waals surface area contributed by atoms with E-state index in [4.69, 9.17) is 0 Å². The zero-order valence-corrected chi connectivity index (χ0v) is 10.4. The maximum atomic E-state index is 3.59. The molecule has 2 rings (SSSR count). The minimum Gasteiger partial charge on any atom is -0.312 e. The Morgan fingerprint density at radius 1 is 1.47 bits per heavy atom.